The fourth-order valence-electron chi connectivity index (χ4n) is 5.43. The second kappa shape index (κ2) is 10.2. The zero-order valence-corrected chi connectivity index (χ0v) is 21.9. The van der Waals surface area contributed by atoms with Crippen molar-refractivity contribution in [3.8, 4) is 5.75 Å². The number of aliphatic hydroxyl groups is 3. The molecule has 0 aliphatic carbocycles. The van der Waals surface area contributed by atoms with Gasteiger partial charge in [-0.25, -0.2) is 0 Å². The number of hydrogen-bond donors (Lipinski definition) is 3. The minimum atomic E-state index is -1.46. The molecule has 3 aromatic rings. The summed E-state index contributed by atoms with van der Waals surface area (Å²) in [6, 6.07) is 17.2. The van der Waals surface area contributed by atoms with Gasteiger partial charge in [-0.3, -0.25) is 4.98 Å². The number of nitrogens with zero attached hydrogens (tertiary/aromatic N) is 2. The van der Waals surface area contributed by atoms with Gasteiger partial charge >= 0.3 is 0 Å². The van der Waals surface area contributed by atoms with E-state index >= 15 is 0 Å². The van der Waals surface area contributed by atoms with Crippen molar-refractivity contribution in [3.05, 3.63) is 99.8 Å². The number of rotatable bonds is 6. The molecule has 3 N–H and O–H groups in total. The van der Waals surface area contributed by atoms with Crippen molar-refractivity contribution < 1.29 is 20.1 Å². The van der Waals surface area contributed by atoms with Crippen molar-refractivity contribution in [1.29, 1.82) is 0 Å². The van der Waals surface area contributed by atoms with Crippen LogP contribution in [0.25, 0.3) is 5.57 Å². The number of aromatic nitrogens is 1. The Hall–Kier alpha value is -2.74. The molecule has 0 spiro atoms. The molecule has 6 nitrogen and oxygen atoms in total. The molecular formula is C30H33ClN2O4. The third-order valence-corrected chi connectivity index (χ3v) is 7.86. The predicted molar refractivity (Wildman–Crippen MR) is 144 cm³/mol. The van der Waals surface area contributed by atoms with Crippen LogP contribution in [0.15, 0.2) is 66.9 Å². The lowest BCUT2D eigenvalue weighted by atomic mass is 9.79. The topological polar surface area (TPSA) is 86.1 Å². The van der Waals surface area contributed by atoms with E-state index in [0.29, 0.717) is 24.6 Å². The first-order valence-corrected chi connectivity index (χ1v) is 13.0. The second-order valence-corrected chi connectivity index (χ2v) is 11.0. The summed E-state index contributed by atoms with van der Waals surface area (Å²) in [6.45, 7) is 6.03. The maximum atomic E-state index is 10.6. The number of pyridine rings is 1. The summed E-state index contributed by atoms with van der Waals surface area (Å²) in [5.41, 5.74) is 3.87. The van der Waals surface area contributed by atoms with E-state index < -0.39 is 17.3 Å². The quantitative estimate of drug-likeness (QED) is 0.411. The van der Waals surface area contributed by atoms with Gasteiger partial charge in [-0.1, -0.05) is 41.9 Å². The molecule has 0 radical (unpaired) electrons. The van der Waals surface area contributed by atoms with Crippen LogP contribution in [0.3, 0.4) is 0 Å². The van der Waals surface area contributed by atoms with Crippen LogP contribution in [0.2, 0.25) is 5.02 Å². The van der Waals surface area contributed by atoms with Gasteiger partial charge in [-0.15, -0.1) is 0 Å². The summed E-state index contributed by atoms with van der Waals surface area (Å²) in [4.78, 5) is 6.83. The van der Waals surface area contributed by atoms with Crippen LogP contribution >= 0.6 is 11.6 Å². The van der Waals surface area contributed by atoms with Crippen LogP contribution < -0.4 is 4.74 Å². The molecule has 0 saturated carbocycles. The van der Waals surface area contributed by atoms with E-state index in [2.05, 4.69) is 22.0 Å². The summed E-state index contributed by atoms with van der Waals surface area (Å²) in [5, 5.41) is 32.0. The zero-order valence-electron chi connectivity index (χ0n) is 21.2. The Morgan fingerprint density at radius 3 is 2.65 bits per heavy atom. The molecule has 37 heavy (non-hydrogen) atoms. The summed E-state index contributed by atoms with van der Waals surface area (Å²) < 4.78 is 6.10. The standard InChI is InChI=1S/C30H33ClN2O4/c1-29(2,36)21-9-12-27-25(17-21)23(24-5-3-14-32-26(24)18-37-27)6-4-15-33-16-13-30(19-33,28(34)35)20-7-10-22(31)11-8-20/h3,5-12,14,17,28,34-36H,4,13,15-16,18-19H2,1-2H3/b23-6+. The Bertz CT molecular complexity index is 1300. The first kappa shape index (κ1) is 25.9. The van der Waals surface area contributed by atoms with Crippen LogP contribution in [-0.2, 0) is 17.6 Å². The number of hydrogen-bond acceptors (Lipinski definition) is 6. The van der Waals surface area contributed by atoms with Crippen LogP contribution in [0, 0.1) is 0 Å². The van der Waals surface area contributed by atoms with Gasteiger partial charge in [-0.05, 0) is 80.3 Å². The van der Waals surface area contributed by atoms with Gasteiger partial charge in [0.25, 0.3) is 0 Å². The Balaban J connectivity index is 1.42. The number of benzene rings is 2. The Labute approximate surface area is 222 Å². The number of aliphatic hydroxyl groups excluding tert-OH is 1. The average molecular weight is 521 g/mol. The number of ether oxygens (including phenoxy) is 1. The van der Waals surface area contributed by atoms with Crippen LogP contribution in [-0.4, -0.2) is 51.1 Å². The van der Waals surface area contributed by atoms with Gasteiger partial charge in [-0.2, -0.15) is 0 Å². The summed E-state index contributed by atoms with van der Waals surface area (Å²) >= 11 is 6.06. The molecular weight excluding hydrogens is 488 g/mol. The van der Waals surface area contributed by atoms with Crippen molar-refractivity contribution in [2.24, 2.45) is 0 Å². The Kier molecular flexibility index (Phi) is 7.14. The van der Waals surface area contributed by atoms with E-state index in [0.717, 1.165) is 58.8 Å². The van der Waals surface area contributed by atoms with Crippen molar-refractivity contribution in [3.63, 3.8) is 0 Å². The van der Waals surface area contributed by atoms with Gasteiger partial charge in [0.15, 0.2) is 6.29 Å². The first-order chi connectivity index (χ1) is 17.7. The molecule has 1 saturated heterocycles. The molecule has 2 aromatic carbocycles. The highest BCUT2D eigenvalue weighted by atomic mass is 35.5. The molecule has 1 atom stereocenters. The van der Waals surface area contributed by atoms with Crippen LogP contribution in [0.5, 0.6) is 5.75 Å². The van der Waals surface area contributed by atoms with Gasteiger partial charge in [0.2, 0.25) is 0 Å². The normalized spacial score (nSPS) is 21.0. The summed E-state index contributed by atoms with van der Waals surface area (Å²) in [7, 11) is 0. The number of likely N-dealkylation sites (tertiary alicyclic amines) is 1. The lowest BCUT2D eigenvalue weighted by Crippen LogP contribution is -2.42. The van der Waals surface area contributed by atoms with Gasteiger partial charge in [0.05, 0.1) is 16.7 Å². The minimum Gasteiger partial charge on any atom is -0.487 e. The van der Waals surface area contributed by atoms with E-state index in [1.807, 2.05) is 36.4 Å². The predicted octanol–water partition coefficient (Wildman–Crippen LogP) is 4.63. The summed E-state index contributed by atoms with van der Waals surface area (Å²) in [5.74, 6) is 0.767. The Morgan fingerprint density at radius 2 is 1.92 bits per heavy atom. The van der Waals surface area contributed by atoms with Crippen molar-refractivity contribution in [2.45, 2.75) is 50.6 Å². The number of halogens is 1. The zero-order chi connectivity index (χ0) is 26.2. The molecule has 2 aliphatic heterocycles. The van der Waals surface area contributed by atoms with E-state index in [1.165, 1.54) is 0 Å². The molecule has 1 aromatic heterocycles. The minimum absolute atomic E-state index is 0.381. The third-order valence-electron chi connectivity index (χ3n) is 7.61. The van der Waals surface area contributed by atoms with Crippen LogP contribution in [0.1, 0.15) is 54.6 Å². The fourth-order valence-corrected chi connectivity index (χ4v) is 5.56. The van der Waals surface area contributed by atoms with Crippen LogP contribution in [0.4, 0.5) is 0 Å². The van der Waals surface area contributed by atoms with Gasteiger partial charge < -0.3 is 25.0 Å². The molecule has 7 heteroatoms. The highest BCUT2D eigenvalue weighted by Crippen LogP contribution is 2.40. The lowest BCUT2D eigenvalue weighted by Gasteiger charge is -2.32. The lowest BCUT2D eigenvalue weighted by molar-refractivity contribution is -0.0969. The monoisotopic (exact) mass is 520 g/mol. The van der Waals surface area contributed by atoms with E-state index in [1.54, 1.807) is 32.2 Å². The summed E-state index contributed by atoms with van der Waals surface area (Å²) in [6.07, 6.45) is 3.94. The molecule has 3 heterocycles. The number of fused-ring (bicyclic) bond motifs is 2. The molecule has 0 amide bonds. The maximum absolute atomic E-state index is 10.6. The molecule has 194 valence electrons. The van der Waals surface area contributed by atoms with Crippen molar-refractivity contribution in [1.82, 2.24) is 9.88 Å². The average Bonchev–Trinajstić information content (AvgIpc) is 3.24. The molecule has 2 aliphatic rings. The van der Waals surface area contributed by atoms with Crippen molar-refractivity contribution in [2.75, 3.05) is 19.6 Å². The molecule has 0 bridgehead atoms. The fraction of sp³-hybridized carbons (Fsp3) is 0.367. The SMILES string of the molecule is CC(C)(O)c1ccc2c(c1)/C(=C/CCN1CCC(c3ccc(Cl)cc3)(C(O)O)C1)c1cccnc1CO2. The maximum Gasteiger partial charge on any atom is 0.162 e. The van der Waals surface area contributed by atoms with E-state index in [-0.39, 0.29) is 0 Å². The van der Waals surface area contributed by atoms with Gasteiger partial charge in [0.1, 0.15) is 12.4 Å². The Morgan fingerprint density at radius 1 is 1.14 bits per heavy atom. The van der Waals surface area contributed by atoms with Crippen molar-refractivity contribution >= 4 is 17.2 Å². The van der Waals surface area contributed by atoms with E-state index in [4.69, 9.17) is 16.3 Å². The smallest absolute Gasteiger partial charge is 0.162 e. The largest absolute Gasteiger partial charge is 0.487 e. The van der Waals surface area contributed by atoms with E-state index in [9.17, 15) is 15.3 Å². The highest BCUT2D eigenvalue weighted by Gasteiger charge is 2.44. The first-order valence-electron chi connectivity index (χ1n) is 12.7. The molecule has 1 unspecified atom stereocenters. The van der Waals surface area contributed by atoms with Gasteiger partial charge in [0, 0.05) is 35.4 Å². The molecule has 1 fully saturated rings. The molecule has 5 rings (SSSR count). The second-order valence-electron chi connectivity index (χ2n) is 10.5. The third kappa shape index (κ3) is 5.17. The highest BCUT2D eigenvalue weighted by molar-refractivity contribution is 6.30.